The minimum atomic E-state index is -0.633. The van der Waals surface area contributed by atoms with E-state index in [1.54, 1.807) is 0 Å². The van der Waals surface area contributed by atoms with Crippen LogP contribution in [0.25, 0.3) is 0 Å². The summed E-state index contributed by atoms with van der Waals surface area (Å²) in [5.74, 6) is 0.0596. The van der Waals surface area contributed by atoms with Crippen LogP contribution in [-0.2, 0) is 4.79 Å². The summed E-state index contributed by atoms with van der Waals surface area (Å²) in [6, 6.07) is 0. The number of aliphatic carboxylic acids is 1. The SMILES string of the molecule is CCC(CC)(CN1CCC(C(C)(C)C)C1)C(=O)O. The van der Waals surface area contributed by atoms with E-state index >= 15 is 0 Å². The van der Waals surface area contributed by atoms with E-state index in [0.717, 1.165) is 25.9 Å². The molecule has 1 saturated heterocycles. The Labute approximate surface area is 112 Å². The highest BCUT2D eigenvalue weighted by atomic mass is 16.4. The van der Waals surface area contributed by atoms with Crippen LogP contribution in [0.3, 0.4) is 0 Å². The lowest BCUT2D eigenvalue weighted by molar-refractivity contribution is -0.150. The van der Waals surface area contributed by atoms with Gasteiger partial charge in [-0.15, -0.1) is 0 Å². The standard InChI is InChI=1S/C15H29NO2/c1-6-15(7-2,13(17)18)11-16-9-8-12(10-16)14(3,4)5/h12H,6-11H2,1-5H3,(H,17,18). The van der Waals surface area contributed by atoms with Crippen LogP contribution in [0.4, 0.5) is 0 Å². The van der Waals surface area contributed by atoms with Gasteiger partial charge in [0.15, 0.2) is 0 Å². The number of nitrogens with zero attached hydrogens (tertiary/aromatic N) is 1. The molecule has 0 saturated carbocycles. The summed E-state index contributed by atoms with van der Waals surface area (Å²) in [4.78, 5) is 13.9. The van der Waals surface area contributed by atoms with E-state index in [9.17, 15) is 9.90 Å². The van der Waals surface area contributed by atoms with Gasteiger partial charge < -0.3 is 10.0 Å². The smallest absolute Gasteiger partial charge is 0.310 e. The summed E-state index contributed by atoms with van der Waals surface area (Å²) in [5, 5.41) is 9.48. The van der Waals surface area contributed by atoms with E-state index in [1.807, 2.05) is 13.8 Å². The number of carboxylic acids is 1. The van der Waals surface area contributed by atoms with E-state index in [2.05, 4.69) is 25.7 Å². The first-order valence-corrected chi connectivity index (χ1v) is 7.21. The Kier molecular flexibility index (Phi) is 4.82. The van der Waals surface area contributed by atoms with Gasteiger partial charge in [-0.3, -0.25) is 4.79 Å². The highest BCUT2D eigenvalue weighted by Crippen LogP contribution is 2.36. The molecule has 0 aliphatic carbocycles. The molecule has 0 aromatic rings. The van der Waals surface area contributed by atoms with Gasteiger partial charge in [0.1, 0.15) is 0 Å². The number of carboxylic acid groups (broad SMARTS) is 1. The number of hydrogen-bond acceptors (Lipinski definition) is 2. The second-order valence-corrected chi connectivity index (χ2v) is 6.88. The van der Waals surface area contributed by atoms with Crippen molar-refractivity contribution in [3.05, 3.63) is 0 Å². The number of likely N-dealkylation sites (tertiary alicyclic amines) is 1. The third kappa shape index (κ3) is 3.25. The van der Waals surface area contributed by atoms with Gasteiger partial charge in [-0.1, -0.05) is 34.6 Å². The van der Waals surface area contributed by atoms with Gasteiger partial charge >= 0.3 is 5.97 Å². The maximum atomic E-state index is 11.5. The van der Waals surface area contributed by atoms with Crippen LogP contribution in [0.5, 0.6) is 0 Å². The maximum Gasteiger partial charge on any atom is 0.310 e. The zero-order valence-electron chi connectivity index (χ0n) is 12.6. The fourth-order valence-corrected chi connectivity index (χ4v) is 2.95. The molecule has 0 spiro atoms. The van der Waals surface area contributed by atoms with Crippen molar-refractivity contribution in [1.82, 2.24) is 4.90 Å². The molecule has 0 amide bonds. The summed E-state index contributed by atoms with van der Waals surface area (Å²) in [6.45, 7) is 13.7. The highest BCUT2D eigenvalue weighted by Gasteiger charge is 2.40. The molecule has 1 aliphatic rings. The van der Waals surface area contributed by atoms with E-state index in [0.29, 0.717) is 17.9 Å². The molecule has 0 aromatic carbocycles. The van der Waals surface area contributed by atoms with Crippen molar-refractivity contribution in [2.24, 2.45) is 16.7 Å². The molecule has 3 heteroatoms. The largest absolute Gasteiger partial charge is 0.481 e. The predicted molar refractivity (Wildman–Crippen MR) is 74.7 cm³/mol. The molecule has 1 unspecified atom stereocenters. The van der Waals surface area contributed by atoms with Gasteiger partial charge in [0, 0.05) is 13.1 Å². The second-order valence-electron chi connectivity index (χ2n) is 6.88. The molecule has 0 radical (unpaired) electrons. The quantitative estimate of drug-likeness (QED) is 0.820. The fraction of sp³-hybridized carbons (Fsp3) is 0.933. The first-order valence-electron chi connectivity index (χ1n) is 7.21. The number of hydrogen-bond donors (Lipinski definition) is 1. The Bertz CT molecular complexity index is 289. The average Bonchev–Trinajstić information content (AvgIpc) is 2.73. The minimum Gasteiger partial charge on any atom is -0.481 e. The monoisotopic (exact) mass is 255 g/mol. The molecule has 1 atom stereocenters. The Morgan fingerprint density at radius 1 is 1.28 bits per heavy atom. The zero-order valence-corrected chi connectivity index (χ0v) is 12.6. The first-order chi connectivity index (χ1) is 8.25. The zero-order chi connectivity index (χ0) is 14.0. The molecular formula is C15H29NO2. The molecule has 1 N–H and O–H groups in total. The predicted octanol–water partition coefficient (Wildman–Crippen LogP) is 3.25. The maximum absolute atomic E-state index is 11.5. The summed E-state index contributed by atoms with van der Waals surface area (Å²) < 4.78 is 0. The molecule has 106 valence electrons. The molecule has 3 nitrogen and oxygen atoms in total. The summed E-state index contributed by atoms with van der Waals surface area (Å²) >= 11 is 0. The molecule has 18 heavy (non-hydrogen) atoms. The van der Waals surface area contributed by atoms with Crippen LogP contribution in [-0.4, -0.2) is 35.6 Å². The third-order valence-corrected chi connectivity index (χ3v) is 4.83. The average molecular weight is 255 g/mol. The Hall–Kier alpha value is -0.570. The molecule has 0 aromatic heterocycles. The van der Waals surface area contributed by atoms with Crippen LogP contribution < -0.4 is 0 Å². The van der Waals surface area contributed by atoms with Gasteiger partial charge in [-0.25, -0.2) is 0 Å². The summed E-state index contributed by atoms with van der Waals surface area (Å²) in [7, 11) is 0. The lowest BCUT2D eigenvalue weighted by Crippen LogP contribution is -2.42. The van der Waals surface area contributed by atoms with Crippen LogP contribution in [0.2, 0.25) is 0 Å². The fourth-order valence-electron chi connectivity index (χ4n) is 2.95. The van der Waals surface area contributed by atoms with E-state index < -0.39 is 11.4 Å². The van der Waals surface area contributed by atoms with E-state index in [-0.39, 0.29) is 0 Å². The van der Waals surface area contributed by atoms with Crippen molar-refractivity contribution < 1.29 is 9.90 Å². The Balaban J connectivity index is 2.66. The summed E-state index contributed by atoms with van der Waals surface area (Å²) in [6.07, 6.45) is 2.64. The van der Waals surface area contributed by atoms with Crippen molar-refractivity contribution in [1.29, 1.82) is 0 Å². The number of carbonyl (C=O) groups is 1. The van der Waals surface area contributed by atoms with Crippen LogP contribution in [0.15, 0.2) is 0 Å². The molecule has 0 bridgehead atoms. The molecule has 1 rings (SSSR count). The van der Waals surface area contributed by atoms with Gasteiger partial charge in [0.05, 0.1) is 5.41 Å². The first kappa shape index (κ1) is 15.5. The summed E-state index contributed by atoms with van der Waals surface area (Å²) in [5.41, 5.74) is -0.216. The normalized spacial score (nSPS) is 22.4. The molecular weight excluding hydrogens is 226 g/mol. The number of rotatable bonds is 5. The van der Waals surface area contributed by atoms with Crippen molar-refractivity contribution in [2.75, 3.05) is 19.6 Å². The Morgan fingerprint density at radius 3 is 2.17 bits per heavy atom. The molecule has 1 fully saturated rings. The van der Waals surface area contributed by atoms with Gasteiger partial charge in [0.25, 0.3) is 0 Å². The second kappa shape index (κ2) is 5.60. The highest BCUT2D eigenvalue weighted by molar-refractivity contribution is 5.74. The minimum absolute atomic E-state index is 0.332. The lowest BCUT2D eigenvalue weighted by Gasteiger charge is -2.33. The van der Waals surface area contributed by atoms with E-state index in [1.165, 1.54) is 6.42 Å². The topological polar surface area (TPSA) is 40.5 Å². The molecule has 1 aliphatic heterocycles. The van der Waals surface area contributed by atoms with Crippen LogP contribution >= 0.6 is 0 Å². The molecule has 1 heterocycles. The van der Waals surface area contributed by atoms with Crippen molar-refractivity contribution >= 4 is 5.97 Å². The van der Waals surface area contributed by atoms with Gasteiger partial charge in [0.2, 0.25) is 0 Å². The third-order valence-electron chi connectivity index (χ3n) is 4.83. The van der Waals surface area contributed by atoms with Crippen molar-refractivity contribution in [3.63, 3.8) is 0 Å². The van der Waals surface area contributed by atoms with Gasteiger partial charge in [-0.2, -0.15) is 0 Å². The Morgan fingerprint density at radius 2 is 1.83 bits per heavy atom. The van der Waals surface area contributed by atoms with Crippen molar-refractivity contribution in [2.45, 2.75) is 53.9 Å². The van der Waals surface area contributed by atoms with Gasteiger partial charge in [-0.05, 0) is 37.1 Å². The lowest BCUT2D eigenvalue weighted by atomic mass is 9.80. The van der Waals surface area contributed by atoms with Crippen LogP contribution in [0, 0.1) is 16.7 Å². The van der Waals surface area contributed by atoms with E-state index in [4.69, 9.17) is 0 Å². The van der Waals surface area contributed by atoms with Crippen molar-refractivity contribution in [3.8, 4) is 0 Å². The van der Waals surface area contributed by atoms with Crippen LogP contribution in [0.1, 0.15) is 53.9 Å².